The standard InChI is InChI=1S/C29H29N3O4/c1-6-35-29(33)17-22-9-7-8-10-27(22)36-18-25-23-15-20(11-13-26(23)32(31-25)19(2)3)21-12-14-28(34-5)24(16-21)30-4/h7-16,19H,6,17-18H2,1-3,5H3. The van der Waals surface area contributed by atoms with Crippen LogP contribution in [0.5, 0.6) is 11.5 Å². The van der Waals surface area contributed by atoms with Crippen molar-refractivity contribution in [2.45, 2.75) is 39.8 Å². The lowest BCUT2D eigenvalue weighted by atomic mass is 10.0. The Morgan fingerprint density at radius 3 is 2.53 bits per heavy atom. The summed E-state index contributed by atoms with van der Waals surface area (Å²) in [6.07, 6.45) is 0.149. The molecule has 0 aliphatic rings. The van der Waals surface area contributed by atoms with E-state index in [-0.39, 0.29) is 25.0 Å². The summed E-state index contributed by atoms with van der Waals surface area (Å²) in [5.74, 6) is 0.898. The van der Waals surface area contributed by atoms with Gasteiger partial charge in [-0.1, -0.05) is 30.3 Å². The second-order valence-corrected chi connectivity index (χ2v) is 8.59. The zero-order chi connectivity index (χ0) is 25.7. The van der Waals surface area contributed by atoms with E-state index in [9.17, 15) is 4.79 Å². The first-order chi connectivity index (χ1) is 17.4. The van der Waals surface area contributed by atoms with Crippen molar-refractivity contribution >= 4 is 22.6 Å². The molecule has 0 fully saturated rings. The summed E-state index contributed by atoms with van der Waals surface area (Å²) >= 11 is 0. The summed E-state index contributed by atoms with van der Waals surface area (Å²) in [7, 11) is 1.56. The highest BCUT2D eigenvalue weighted by Gasteiger charge is 2.16. The number of hydrogen-bond donors (Lipinski definition) is 0. The maximum atomic E-state index is 12.0. The lowest BCUT2D eigenvalue weighted by Gasteiger charge is -2.11. The Labute approximate surface area is 211 Å². The van der Waals surface area contributed by atoms with Crippen molar-refractivity contribution in [3.8, 4) is 22.6 Å². The zero-order valence-corrected chi connectivity index (χ0v) is 20.9. The molecule has 0 unspecified atom stereocenters. The van der Waals surface area contributed by atoms with Crippen molar-refractivity contribution in [1.29, 1.82) is 0 Å². The van der Waals surface area contributed by atoms with Gasteiger partial charge >= 0.3 is 5.97 Å². The number of hydrogen-bond acceptors (Lipinski definition) is 5. The molecule has 1 heterocycles. The largest absolute Gasteiger partial charge is 0.508 e. The summed E-state index contributed by atoms with van der Waals surface area (Å²) < 4.78 is 18.6. The van der Waals surface area contributed by atoms with Crippen LogP contribution in [0.1, 0.15) is 38.1 Å². The fourth-order valence-corrected chi connectivity index (χ4v) is 4.15. The van der Waals surface area contributed by atoms with Gasteiger partial charge in [0.05, 0.1) is 32.2 Å². The first kappa shape index (κ1) is 24.8. The number of fused-ring (bicyclic) bond motifs is 1. The Morgan fingerprint density at radius 2 is 1.81 bits per heavy atom. The van der Waals surface area contributed by atoms with Crippen LogP contribution in [-0.4, -0.2) is 29.5 Å². The molecule has 4 rings (SSSR count). The van der Waals surface area contributed by atoms with Crippen LogP contribution in [0.2, 0.25) is 0 Å². The SMILES string of the molecule is [C-]#[N+]c1cc(-c2ccc3c(c2)c(COc2ccccc2CC(=O)OCC)nn3C(C)C)ccc1OC. The summed E-state index contributed by atoms with van der Waals surface area (Å²) in [5.41, 5.74) is 4.94. The van der Waals surface area contributed by atoms with Crippen molar-refractivity contribution in [3.05, 3.63) is 83.3 Å². The van der Waals surface area contributed by atoms with E-state index < -0.39 is 0 Å². The Balaban J connectivity index is 1.69. The molecule has 7 nitrogen and oxygen atoms in total. The number of rotatable bonds is 9. The van der Waals surface area contributed by atoms with Crippen LogP contribution in [0.3, 0.4) is 0 Å². The number of para-hydroxylation sites is 1. The van der Waals surface area contributed by atoms with Crippen LogP contribution in [0.25, 0.3) is 26.9 Å². The van der Waals surface area contributed by atoms with Crippen LogP contribution in [0, 0.1) is 6.57 Å². The lowest BCUT2D eigenvalue weighted by molar-refractivity contribution is -0.142. The van der Waals surface area contributed by atoms with Crippen LogP contribution in [0.4, 0.5) is 5.69 Å². The number of carbonyl (C=O) groups is 1. The number of esters is 1. The molecule has 0 aliphatic carbocycles. The minimum absolute atomic E-state index is 0.149. The van der Waals surface area contributed by atoms with Crippen LogP contribution in [-0.2, 0) is 22.6 Å². The Kier molecular flexibility index (Phi) is 7.55. The third-order valence-corrected chi connectivity index (χ3v) is 5.88. The fourth-order valence-electron chi connectivity index (χ4n) is 4.15. The Bertz CT molecular complexity index is 1430. The van der Waals surface area contributed by atoms with Gasteiger partial charge in [-0.05, 0) is 62.2 Å². The molecule has 0 saturated heterocycles. The molecule has 0 spiro atoms. The molecule has 36 heavy (non-hydrogen) atoms. The Morgan fingerprint density at radius 1 is 1.06 bits per heavy atom. The zero-order valence-electron chi connectivity index (χ0n) is 20.9. The highest BCUT2D eigenvalue weighted by Crippen LogP contribution is 2.35. The van der Waals surface area contributed by atoms with Crippen LogP contribution in [0.15, 0.2) is 60.7 Å². The fraction of sp³-hybridized carbons (Fsp3) is 0.276. The lowest BCUT2D eigenvalue weighted by Crippen LogP contribution is -2.09. The normalized spacial score (nSPS) is 10.9. The molecule has 0 atom stereocenters. The first-order valence-electron chi connectivity index (χ1n) is 11.9. The third kappa shape index (κ3) is 5.18. The van der Waals surface area contributed by atoms with Crippen molar-refractivity contribution in [2.24, 2.45) is 0 Å². The predicted molar refractivity (Wildman–Crippen MR) is 139 cm³/mol. The van der Waals surface area contributed by atoms with E-state index in [1.807, 2.05) is 53.2 Å². The second-order valence-electron chi connectivity index (χ2n) is 8.59. The van der Waals surface area contributed by atoms with Gasteiger partial charge in [0.25, 0.3) is 0 Å². The Hall–Kier alpha value is -4.31. The average Bonchev–Trinajstić information content (AvgIpc) is 3.26. The van der Waals surface area contributed by atoms with Gasteiger partial charge in [0.2, 0.25) is 5.69 Å². The van der Waals surface area contributed by atoms with Gasteiger partial charge in [-0.3, -0.25) is 9.48 Å². The van der Waals surface area contributed by atoms with E-state index in [0.29, 0.717) is 23.8 Å². The van der Waals surface area contributed by atoms with Crippen LogP contribution < -0.4 is 9.47 Å². The number of nitrogens with zero attached hydrogens (tertiary/aromatic N) is 3. The second kappa shape index (κ2) is 11.0. The van der Waals surface area contributed by atoms with E-state index in [2.05, 4.69) is 30.8 Å². The monoisotopic (exact) mass is 483 g/mol. The summed E-state index contributed by atoms with van der Waals surface area (Å²) in [4.78, 5) is 15.6. The minimum Gasteiger partial charge on any atom is -0.508 e. The number of ether oxygens (including phenoxy) is 3. The number of aromatic nitrogens is 2. The third-order valence-electron chi connectivity index (χ3n) is 5.88. The number of methoxy groups -OCH3 is 1. The average molecular weight is 484 g/mol. The van der Waals surface area contributed by atoms with Gasteiger partial charge in [-0.25, -0.2) is 4.85 Å². The van der Waals surface area contributed by atoms with Gasteiger partial charge in [-0.2, -0.15) is 5.10 Å². The minimum atomic E-state index is -0.286. The van der Waals surface area contributed by atoms with Crippen LogP contribution >= 0.6 is 0 Å². The number of benzene rings is 3. The maximum Gasteiger partial charge on any atom is 0.310 e. The van der Waals surface area contributed by atoms with Gasteiger partial charge < -0.3 is 14.2 Å². The molecule has 7 heteroatoms. The van der Waals surface area contributed by atoms with Crippen molar-refractivity contribution < 1.29 is 19.0 Å². The summed E-state index contributed by atoms with van der Waals surface area (Å²) in [6.45, 7) is 14.0. The first-order valence-corrected chi connectivity index (χ1v) is 11.9. The maximum absolute atomic E-state index is 12.0. The molecule has 0 aliphatic heterocycles. The van der Waals surface area contributed by atoms with Crippen molar-refractivity contribution in [1.82, 2.24) is 9.78 Å². The van der Waals surface area contributed by atoms with E-state index >= 15 is 0 Å². The molecular formula is C29H29N3O4. The molecule has 184 valence electrons. The molecule has 0 radical (unpaired) electrons. The quantitative estimate of drug-likeness (QED) is 0.200. The van der Waals surface area contributed by atoms with Gasteiger partial charge in [0.15, 0.2) is 0 Å². The van der Waals surface area contributed by atoms with Gasteiger partial charge in [0, 0.05) is 17.0 Å². The van der Waals surface area contributed by atoms with Gasteiger partial charge in [-0.15, -0.1) is 0 Å². The summed E-state index contributed by atoms with van der Waals surface area (Å²) in [5, 5.41) is 5.83. The molecular weight excluding hydrogens is 454 g/mol. The van der Waals surface area contributed by atoms with E-state index in [0.717, 1.165) is 33.3 Å². The van der Waals surface area contributed by atoms with E-state index in [1.165, 1.54) is 0 Å². The van der Waals surface area contributed by atoms with Gasteiger partial charge in [0.1, 0.15) is 23.8 Å². The van der Waals surface area contributed by atoms with E-state index in [4.69, 9.17) is 25.9 Å². The van der Waals surface area contributed by atoms with Crippen molar-refractivity contribution in [3.63, 3.8) is 0 Å². The highest BCUT2D eigenvalue weighted by molar-refractivity contribution is 5.88. The molecule has 0 saturated carbocycles. The topological polar surface area (TPSA) is 66.9 Å². The molecule has 0 bridgehead atoms. The van der Waals surface area contributed by atoms with Crippen molar-refractivity contribution in [2.75, 3.05) is 13.7 Å². The molecule has 0 amide bonds. The van der Waals surface area contributed by atoms with E-state index in [1.54, 1.807) is 14.0 Å². The smallest absolute Gasteiger partial charge is 0.310 e. The predicted octanol–water partition coefficient (Wildman–Crippen LogP) is 6.53. The summed E-state index contributed by atoms with van der Waals surface area (Å²) in [6, 6.07) is 19.4. The molecule has 0 N–H and O–H groups in total. The highest BCUT2D eigenvalue weighted by atomic mass is 16.5. The molecule has 1 aromatic heterocycles. The number of carbonyl (C=O) groups excluding carboxylic acids is 1. The molecule has 3 aromatic carbocycles. The molecule has 4 aromatic rings.